The number of hydrogen-bond acceptors (Lipinski definition) is 5. The predicted octanol–water partition coefficient (Wildman–Crippen LogP) is 1.75. The van der Waals surface area contributed by atoms with Gasteiger partial charge >= 0.3 is 5.82 Å². The molecule has 0 atom stereocenters. The first-order chi connectivity index (χ1) is 9.99. The van der Waals surface area contributed by atoms with E-state index in [1.54, 1.807) is 31.2 Å². The number of nitrogens with one attached hydrogen (secondary N) is 1. The second-order valence-corrected chi connectivity index (χ2v) is 4.34. The van der Waals surface area contributed by atoms with Crippen LogP contribution in [0.1, 0.15) is 5.69 Å². The summed E-state index contributed by atoms with van der Waals surface area (Å²) in [6.07, 6.45) is 0. The molecular weight excluding hydrogens is 276 g/mol. The van der Waals surface area contributed by atoms with E-state index in [9.17, 15) is 14.9 Å². The molecule has 0 unspecified atom stereocenters. The number of carbonyl (C=O) groups is 1. The summed E-state index contributed by atoms with van der Waals surface area (Å²) < 4.78 is 6.11. The number of carbonyl (C=O) groups excluding carboxylic acids is 1. The Morgan fingerprint density at radius 2 is 2.24 bits per heavy atom. The number of ether oxygens (including phenoxy) is 1. The van der Waals surface area contributed by atoms with Gasteiger partial charge in [-0.05, 0) is 24.0 Å². The smallest absolute Gasteiger partial charge is 0.345 e. The van der Waals surface area contributed by atoms with Gasteiger partial charge in [-0.15, -0.1) is 4.68 Å². The van der Waals surface area contributed by atoms with Crippen LogP contribution in [0.3, 0.4) is 0 Å². The van der Waals surface area contributed by atoms with Gasteiger partial charge < -0.3 is 20.2 Å². The molecule has 0 aliphatic carbocycles. The fraction of sp³-hybridized carbons (Fsp3) is 0.231. The van der Waals surface area contributed by atoms with Crippen molar-refractivity contribution in [3.8, 4) is 5.75 Å². The molecule has 0 aliphatic rings. The van der Waals surface area contributed by atoms with Crippen molar-refractivity contribution in [3.63, 3.8) is 0 Å². The Labute approximate surface area is 120 Å². The summed E-state index contributed by atoms with van der Waals surface area (Å²) in [5, 5.41) is 17.4. The maximum atomic E-state index is 11.9. The van der Waals surface area contributed by atoms with Crippen molar-refractivity contribution in [2.45, 2.75) is 13.5 Å². The molecule has 8 heteroatoms. The van der Waals surface area contributed by atoms with Crippen LogP contribution in [0.2, 0.25) is 0 Å². The summed E-state index contributed by atoms with van der Waals surface area (Å²) in [7, 11) is 1.52. The minimum atomic E-state index is -0.571. The van der Waals surface area contributed by atoms with Crippen LogP contribution in [0.5, 0.6) is 5.75 Å². The van der Waals surface area contributed by atoms with Crippen LogP contribution in [0.25, 0.3) is 0 Å². The summed E-state index contributed by atoms with van der Waals surface area (Å²) in [5.41, 5.74) is 1.03. The van der Waals surface area contributed by atoms with E-state index in [1.165, 1.54) is 13.2 Å². The standard InChI is InChI=1S/C13H14N4O4/c1-9-6-13(17(19)20)16(15-9)8-12(18)14-10-4-3-5-11(7-10)21-2/h3-7H,8H2,1-2H3,(H,14,18). The Hall–Kier alpha value is -2.90. The highest BCUT2D eigenvalue weighted by Crippen LogP contribution is 2.17. The molecule has 21 heavy (non-hydrogen) atoms. The van der Waals surface area contributed by atoms with Gasteiger partial charge in [0.25, 0.3) is 5.91 Å². The van der Waals surface area contributed by atoms with E-state index in [-0.39, 0.29) is 12.4 Å². The zero-order chi connectivity index (χ0) is 15.4. The van der Waals surface area contributed by atoms with E-state index >= 15 is 0 Å². The van der Waals surface area contributed by atoms with E-state index in [2.05, 4.69) is 10.4 Å². The van der Waals surface area contributed by atoms with Crippen LogP contribution in [0, 0.1) is 17.0 Å². The lowest BCUT2D eigenvalue weighted by atomic mass is 10.3. The molecule has 1 amide bonds. The van der Waals surface area contributed by atoms with Crippen molar-refractivity contribution in [2.75, 3.05) is 12.4 Å². The average Bonchev–Trinajstić information content (AvgIpc) is 2.79. The largest absolute Gasteiger partial charge is 0.497 e. The molecule has 0 fully saturated rings. The number of aryl methyl sites for hydroxylation is 1. The van der Waals surface area contributed by atoms with E-state index in [1.807, 2.05) is 0 Å². The molecule has 8 nitrogen and oxygen atoms in total. The fourth-order valence-electron chi connectivity index (χ4n) is 1.83. The number of anilines is 1. The van der Waals surface area contributed by atoms with Gasteiger partial charge in [0, 0.05) is 11.8 Å². The van der Waals surface area contributed by atoms with Gasteiger partial charge in [-0.3, -0.25) is 4.79 Å². The number of nitro groups is 1. The summed E-state index contributed by atoms with van der Waals surface area (Å²) in [6.45, 7) is 1.39. The van der Waals surface area contributed by atoms with Crippen LogP contribution in [0.15, 0.2) is 30.3 Å². The molecule has 2 aromatic rings. The number of methoxy groups -OCH3 is 1. The third kappa shape index (κ3) is 3.56. The molecule has 1 N–H and O–H groups in total. The summed E-state index contributed by atoms with van der Waals surface area (Å²) >= 11 is 0. The van der Waals surface area contributed by atoms with Crippen molar-refractivity contribution < 1.29 is 14.5 Å². The topological polar surface area (TPSA) is 99.3 Å². The van der Waals surface area contributed by atoms with Crippen molar-refractivity contribution in [2.24, 2.45) is 0 Å². The van der Waals surface area contributed by atoms with Crippen LogP contribution in [0.4, 0.5) is 11.5 Å². The second-order valence-electron chi connectivity index (χ2n) is 4.34. The molecule has 2 rings (SSSR count). The molecule has 1 heterocycles. The zero-order valence-electron chi connectivity index (χ0n) is 11.6. The molecule has 110 valence electrons. The van der Waals surface area contributed by atoms with Crippen LogP contribution in [-0.2, 0) is 11.3 Å². The number of rotatable bonds is 5. The highest BCUT2D eigenvalue weighted by molar-refractivity contribution is 5.90. The molecule has 1 aromatic carbocycles. The normalized spacial score (nSPS) is 10.2. The molecular formula is C13H14N4O4. The maximum Gasteiger partial charge on any atom is 0.345 e. The lowest BCUT2D eigenvalue weighted by Crippen LogP contribution is -2.20. The third-order valence-corrected chi connectivity index (χ3v) is 2.71. The Bertz CT molecular complexity index is 681. The number of hydrogen-bond donors (Lipinski definition) is 1. The van der Waals surface area contributed by atoms with Crippen molar-refractivity contribution in [1.82, 2.24) is 9.78 Å². The van der Waals surface area contributed by atoms with Crippen LogP contribution >= 0.6 is 0 Å². The third-order valence-electron chi connectivity index (χ3n) is 2.71. The van der Waals surface area contributed by atoms with Gasteiger partial charge in [0.05, 0.1) is 18.9 Å². The first-order valence-corrected chi connectivity index (χ1v) is 6.12. The molecule has 0 spiro atoms. The molecule has 0 saturated carbocycles. The first-order valence-electron chi connectivity index (χ1n) is 6.12. The van der Waals surface area contributed by atoms with Crippen molar-refractivity contribution >= 4 is 17.4 Å². The Balaban J connectivity index is 2.09. The maximum absolute atomic E-state index is 11.9. The molecule has 0 bridgehead atoms. The molecule has 0 radical (unpaired) electrons. The average molecular weight is 290 g/mol. The Morgan fingerprint density at radius 3 is 2.90 bits per heavy atom. The molecule has 0 aliphatic heterocycles. The number of amides is 1. The summed E-state index contributed by atoms with van der Waals surface area (Å²) in [4.78, 5) is 22.2. The minimum Gasteiger partial charge on any atom is -0.497 e. The van der Waals surface area contributed by atoms with Gasteiger partial charge in [-0.2, -0.15) is 0 Å². The van der Waals surface area contributed by atoms with E-state index < -0.39 is 10.8 Å². The van der Waals surface area contributed by atoms with Crippen molar-refractivity contribution in [1.29, 1.82) is 0 Å². The highest BCUT2D eigenvalue weighted by atomic mass is 16.6. The summed E-state index contributed by atoms with van der Waals surface area (Å²) in [6, 6.07) is 8.15. The second kappa shape index (κ2) is 6.04. The van der Waals surface area contributed by atoms with Gasteiger partial charge in [0.15, 0.2) is 6.54 Å². The zero-order valence-corrected chi connectivity index (χ0v) is 11.6. The monoisotopic (exact) mass is 290 g/mol. The van der Waals surface area contributed by atoms with Gasteiger partial charge in [-0.25, -0.2) is 0 Å². The Morgan fingerprint density at radius 1 is 1.48 bits per heavy atom. The highest BCUT2D eigenvalue weighted by Gasteiger charge is 2.19. The van der Waals surface area contributed by atoms with Crippen molar-refractivity contribution in [3.05, 3.63) is 46.1 Å². The van der Waals surface area contributed by atoms with Crippen LogP contribution < -0.4 is 10.1 Å². The molecule has 1 aromatic heterocycles. The lowest BCUT2D eigenvalue weighted by molar-refractivity contribution is -0.392. The Kier molecular flexibility index (Phi) is 4.17. The van der Waals surface area contributed by atoms with E-state index in [0.29, 0.717) is 17.1 Å². The first kappa shape index (κ1) is 14.5. The predicted molar refractivity (Wildman–Crippen MR) is 75.2 cm³/mol. The number of aromatic nitrogens is 2. The minimum absolute atomic E-state index is 0.215. The quantitative estimate of drug-likeness (QED) is 0.668. The van der Waals surface area contributed by atoms with Gasteiger partial charge in [0.2, 0.25) is 0 Å². The summed E-state index contributed by atoms with van der Waals surface area (Å²) in [5.74, 6) is -0.0172. The number of nitrogens with zero attached hydrogens (tertiary/aromatic N) is 3. The molecule has 0 saturated heterocycles. The fourth-order valence-corrected chi connectivity index (χ4v) is 1.83. The lowest BCUT2D eigenvalue weighted by Gasteiger charge is -2.06. The van der Waals surface area contributed by atoms with Gasteiger partial charge in [-0.1, -0.05) is 11.2 Å². The van der Waals surface area contributed by atoms with Crippen LogP contribution in [-0.4, -0.2) is 27.7 Å². The van der Waals surface area contributed by atoms with Gasteiger partial charge in [0.1, 0.15) is 5.75 Å². The van der Waals surface area contributed by atoms with E-state index in [4.69, 9.17) is 4.74 Å². The SMILES string of the molecule is COc1cccc(NC(=O)Cn2nc(C)cc2[N+](=O)[O-])c1. The number of benzene rings is 1. The van der Waals surface area contributed by atoms with E-state index in [0.717, 1.165) is 4.68 Å².